The third-order valence-electron chi connectivity index (χ3n) is 10.5. The van der Waals surface area contributed by atoms with Gasteiger partial charge in [-0.1, -0.05) is 103 Å². The fourth-order valence-corrected chi connectivity index (χ4v) is 7.71. The average molecular weight is 871 g/mol. The maximum atomic E-state index is 14.6. The van der Waals surface area contributed by atoms with Crippen molar-refractivity contribution >= 4 is 58.4 Å². The summed E-state index contributed by atoms with van der Waals surface area (Å²) in [5, 5.41) is 28.1. The van der Waals surface area contributed by atoms with Crippen molar-refractivity contribution in [3.63, 3.8) is 0 Å². The fourth-order valence-electron chi connectivity index (χ4n) is 6.96. The van der Waals surface area contributed by atoms with E-state index in [1.54, 1.807) is 54.6 Å². The zero-order chi connectivity index (χ0) is 44.9. The van der Waals surface area contributed by atoms with Crippen molar-refractivity contribution < 1.29 is 38.7 Å². The average Bonchev–Trinajstić information content (AvgIpc) is 3.79. The van der Waals surface area contributed by atoms with Crippen LogP contribution in [-0.4, -0.2) is 76.2 Å². The van der Waals surface area contributed by atoms with E-state index in [0.29, 0.717) is 22.4 Å². The zero-order valence-electron chi connectivity index (χ0n) is 34.9. The van der Waals surface area contributed by atoms with Gasteiger partial charge in [0.1, 0.15) is 29.7 Å². The van der Waals surface area contributed by atoms with Gasteiger partial charge < -0.3 is 37.0 Å². The molecule has 4 aromatic carbocycles. The van der Waals surface area contributed by atoms with Crippen molar-refractivity contribution in [2.24, 2.45) is 0 Å². The van der Waals surface area contributed by atoms with Crippen LogP contribution in [0.25, 0.3) is 11.1 Å². The molecule has 2 aliphatic heterocycles. The number of aliphatic carboxylic acids is 1. The molecule has 5 aromatic rings. The van der Waals surface area contributed by atoms with E-state index in [2.05, 4.69) is 31.9 Å². The summed E-state index contributed by atoms with van der Waals surface area (Å²) in [4.78, 5) is 96.3. The van der Waals surface area contributed by atoms with Crippen LogP contribution in [0.5, 0.6) is 0 Å². The summed E-state index contributed by atoms with van der Waals surface area (Å²) in [6.07, 6.45) is -0.412. The highest BCUT2D eigenvalue weighted by Gasteiger charge is 2.35. The summed E-state index contributed by atoms with van der Waals surface area (Å²) in [5.74, 6) is -5.19. The monoisotopic (exact) mass is 870 g/mol. The molecule has 14 nitrogen and oxygen atoms in total. The molecular weight excluding hydrogens is 821 g/mol. The molecular formula is C48H50N6O8S. The lowest BCUT2D eigenvalue weighted by molar-refractivity contribution is -0.146. The van der Waals surface area contributed by atoms with E-state index < -0.39 is 71.1 Å². The van der Waals surface area contributed by atoms with Crippen molar-refractivity contribution in [3.05, 3.63) is 148 Å². The molecule has 7 N–H and O–H groups in total. The normalized spacial score (nSPS) is 19.3. The van der Waals surface area contributed by atoms with Crippen molar-refractivity contribution in [2.75, 3.05) is 5.32 Å². The molecule has 0 aliphatic carbocycles. The molecule has 15 heteroatoms. The summed E-state index contributed by atoms with van der Waals surface area (Å²) >= 11 is 1.39. The summed E-state index contributed by atoms with van der Waals surface area (Å²) in [7, 11) is 0. The molecule has 2 aliphatic rings. The van der Waals surface area contributed by atoms with Crippen molar-refractivity contribution in [1.82, 2.24) is 26.6 Å². The first kappa shape index (κ1) is 45.4. The Hall–Kier alpha value is -7.13. The molecule has 326 valence electrons. The van der Waals surface area contributed by atoms with Crippen LogP contribution in [0.4, 0.5) is 5.69 Å². The molecule has 0 unspecified atom stereocenters. The predicted octanol–water partition coefficient (Wildman–Crippen LogP) is 4.34. The molecule has 4 atom stereocenters. The minimum atomic E-state index is -1.70. The van der Waals surface area contributed by atoms with Crippen LogP contribution in [0.2, 0.25) is 0 Å². The Kier molecular flexibility index (Phi) is 15.2. The third-order valence-corrected chi connectivity index (χ3v) is 11.4. The first-order valence-corrected chi connectivity index (χ1v) is 21.5. The van der Waals surface area contributed by atoms with Gasteiger partial charge in [0, 0.05) is 49.1 Å². The molecule has 0 saturated carbocycles. The van der Waals surface area contributed by atoms with Gasteiger partial charge in [0.2, 0.25) is 35.4 Å². The lowest BCUT2D eigenvalue weighted by Gasteiger charge is -2.28. The van der Waals surface area contributed by atoms with Crippen molar-refractivity contribution in [1.29, 1.82) is 0 Å². The molecule has 63 heavy (non-hydrogen) atoms. The highest BCUT2D eigenvalue weighted by molar-refractivity contribution is 7.09. The van der Waals surface area contributed by atoms with Crippen LogP contribution in [-0.2, 0) is 59.2 Å². The number of carboxylic acid groups (broad SMARTS) is 1. The first-order chi connectivity index (χ1) is 30.2. The maximum Gasteiger partial charge on any atom is 0.328 e. The van der Waals surface area contributed by atoms with Crippen LogP contribution >= 0.6 is 11.3 Å². The number of benzene rings is 4. The van der Waals surface area contributed by atoms with Crippen molar-refractivity contribution in [2.45, 2.75) is 82.1 Å². The van der Waals surface area contributed by atoms with E-state index in [0.717, 1.165) is 16.0 Å². The summed E-state index contributed by atoms with van der Waals surface area (Å²) < 4.78 is 0. The Morgan fingerprint density at radius 1 is 0.619 bits per heavy atom. The molecule has 0 spiro atoms. The standard InChI is InChI=1S/C48H50N6O8S/c1-48(2,47(61)62)54-46(60)39-28-32-17-21-35(22-18-32)49-41(55)23-24-42(56)50-40(29-36-14-9-25-63-36)45(59)52-38(27-31-15-19-34(20-16-31)33-12-7-4-8-13-33)43(57)51-37(44(58)53-39)26-30-10-5-3-6-11-30/h3-22,25,37-40H,23-24,26-29H2,1-2H3,(H,49,55)(H,50,56)(H,51,57)(H,52,59)(H,53,58)(H,54,60)(H,61,62)/t37-,38+,39-,40-/m1/s1. The van der Waals surface area contributed by atoms with Gasteiger partial charge in [-0.15, -0.1) is 11.3 Å². The Morgan fingerprint density at radius 2 is 1.16 bits per heavy atom. The van der Waals surface area contributed by atoms with Gasteiger partial charge in [-0.3, -0.25) is 28.8 Å². The van der Waals surface area contributed by atoms with E-state index in [9.17, 15) is 38.7 Å². The topological polar surface area (TPSA) is 212 Å². The van der Waals surface area contributed by atoms with Crippen LogP contribution in [0.3, 0.4) is 0 Å². The Bertz CT molecular complexity index is 2390. The van der Waals surface area contributed by atoms with E-state index in [1.165, 1.54) is 25.2 Å². The second-order valence-corrected chi connectivity index (χ2v) is 16.9. The van der Waals surface area contributed by atoms with E-state index in [1.807, 2.05) is 72.1 Å². The molecule has 6 amide bonds. The second kappa shape index (κ2) is 21.1. The number of carboxylic acids is 1. The SMILES string of the molecule is CC(C)(NC(=O)[C@H]1Cc2ccc(cc2)NC(=O)CCC(=O)N[C@H](Cc2cccs2)C(=O)N[C@@H](Cc2ccc(-c3ccccc3)cc2)C(=O)N[C@H](Cc2ccccc2)C(=O)N1)C(=O)O. The highest BCUT2D eigenvalue weighted by atomic mass is 32.1. The maximum absolute atomic E-state index is 14.6. The minimum absolute atomic E-state index is 0.00270. The smallest absolute Gasteiger partial charge is 0.328 e. The van der Waals surface area contributed by atoms with E-state index >= 15 is 0 Å². The number of carbonyl (C=O) groups excluding carboxylic acids is 6. The van der Waals surface area contributed by atoms with E-state index in [-0.39, 0.29) is 38.5 Å². The fraction of sp³-hybridized carbons (Fsp3) is 0.271. The molecule has 1 aromatic heterocycles. The Morgan fingerprint density at radius 3 is 1.75 bits per heavy atom. The number of anilines is 1. The van der Waals surface area contributed by atoms with Crippen LogP contribution < -0.4 is 31.9 Å². The molecule has 3 heterocycles. The molecule has 0 fully saturated rings. The summed E-state index contributed by atoms with van der Waals surface area (Å²) in [5.41, 5.74) is 2.58. The lowest BCUT2D eigenvalue weighted by Crippen LogP contribution is -2.61. The number of amides is 6. The predicted molar refractivity (Wildman–Crippen MR) is 239 cm³/mol. The van der Waals surface area contributed by atoms with Crippen LogP contribution in [0.15, 0.2) is 127 Å². The number of hydrogen-bond acceptors (Lipinski definition) is 8. The first-order valence-electron chi connectivity index (χ1n) is 20.6. The van der Waals surface area contributed by atoms with Gasteiger partial charge in [0.25, 0.3) is 0 Å². The molecule has 2 bridgehead atoms. The van der Waals surface area contributed by atoms with E-state index in [4.69, 9.17) is 0 Å². The summed E-state index contributed by atoms with van der Waals surface area (Å²) in [6.45, 7) is 2.63. The summed E-state index contributed by atoms with van der Waals surface area (Å²) in [6, 6.07) is 31.3. The second-order valence-electron chi connectivity index (χ2n) is 15.9. The number of hydrogen-bond donors (Lipinski definition) is 7. The number of carbonyl (C=O) groups is 7. The van der Waals surface area contributed by atoms with Gasteiger partial charge >= 0.3 is 5.97 Å². The molecule has 0 saturated heterocycles. The third kappa shape index (κ3) is 13.2. The van der Waals surface area contributed by atoms with Gasteiger partial charge in [0.05, 0.1) is 0 Å². The molecule has 0 radical (unpaired) electrons. The zero-order valence-corrected chi connectivity index (χ0v) is 35.7. The van der Waals surface area contributed by atoms with Crippen molar-refractivity contribution in [3.8, 4) is 11.1 Å². The number of nitrogens with one attached hydrogen (secondary N) is 6. The Labute approximate surface area is 369 Å². The van der Waals surface area contributed by atoms with Crippen LogP contribution in [0, 0.1) is 0 Å². The van der Waals surface area contributed by atoms with Gasteiger partial charge in [-0.05, 0) is 65.2 Å². The van der Waals surface area contributed by atoms with Gasteiger partial charge in [0.15, 0.2) is 0 Å². The highest BCUT2D eigenvalue weighted by Crippen LogP contribution is 2.21. The van der Waals surface area contributed by atoms with Crippen LogP contribution in [0.1, 0.15) is 48.3 Å². The Balaban J connectivity index is 1.37. The minimum Gasteiger partial charge on any atom is -0.480 e. The molecule has 7 rings (SSSR count). The number of rotatable bonds is 10. The van der Waals surface area contributed by atoms with Gasteiger partial charge in [-0.2, -0.15) is 0 Å². The van der Waals surface area contributed by atoms with Gasteiger partial charge in [-0.25, -0.2) is 4.79 Å². The quantitative estimate of drug-likeness (QED) is 0.100. The number of thiophene rings is 1. The lowest BCUT2D eigenvalue weighted by atomic mass is 9.98. The largest absolute Gasteiger partial charge is 0.480 e. The number of fused-ring (bicyclic) bond motifs is 18.